The highest BCUT2D eigenvalue weighted by Crippen LogP contribution is 2.30. The molecule has 0 N–H and O–H groups in total. The third kappa shape index (κ3) is 1.87. The van der Waals surface area contributed by atoms with Crippen LogP contribution in [-0.2, 0) is 0 Å². The number of benzene rings is 2. The molecule has 3 aromatic rings. The fourth-order valence-electron chi connectivity index (χ4n) is 1.79. The predicted octanol–water partition coefficient (Wildman–Crippen LogP) is 4.57. The van der Waals surface area contributed by atoms with Gasteiger partial charge in [-0.25, -0.2) is 4.98 Å². The Bertz CT molecular complexity index is 688. The van der Waals surface area contributed by atoms with Gasteiger partial charge in [0.1, 0.15) is 5.52 Å². The molecule has 0 radical (unpaired) electrons. The first-order valence-corrected chi connectivity index (χ1v) is 6.15. The van der Waals surface area contributed by atoms with Crippen LogP contribution in [0.3, 0.4) is 0 Å². The molecule has 0 bridgehead atoms. The van der Waals surface area contributed by atoms with Crippen molar-refractivity contribution in [2.45, 2.75) is 6.92 Å². The molecule has 84 valence electrons. The van der Waals surface area contributed by atoms with Crippen LogP contribution in [0.4, 0.5) is 0 Å². The number of rotatable bonds is 1. The molecule has 3 rings (SSSR count). The molecule has 0 aliphatic carbocycles. The summed E-state index contributed by atoms with van der Waals surface area (Å²) in [5.74, 6) is 0.651. The molecule has 0 spiro atoms. The van der Waals surface area contributed by atoms with Gasteiger partial charge in [0.2, 0.25) is 5.89 Å². The van der Waals surface area contributed by atoms with Gasteiger partial charge >= 0.3 is 0 Å². The van der Waals surface area contributed by atoms with Crippen molar-refractivity contribution in [1.29, 1.82) is 0 Å². The number of halogens is 1. The molecule has 17 heavy (non-hydrogen) atoms. The Morgan fingerprint density at radius 1 is 1.12 bits per heavy atom. The van der Waals surface area contributed by atoms with E-state index in [0.29, 0.717) is 5.89 Å². The Kier molecular flexibility index (Phi) is 2.48. The van der Waals surface area contributed by atoms with E-state index in [9.17, 15) is 0 Å². The number of hydrogen-bond acceptors (Lipinski definition) is 2. The van der Waals surface area contributed by atoms with Gasteiger partial charge in [0, 0.05) is 4.47 Å². The third-order valence-corrected chi connectivity index (χ3v) is 3.34. The molecule has 0 aliphatic rings. The normalized spacial score (nSPS) is 10.9. The zero-order valence-electron chi connectivity index (χ0n) is 9.27. The summed E-state index contributed by atoms with van der Waals surface area (Å²) < 4.78 is 6.74. The number of oxazole rings is 1. The largest absolute Gasteiger partial charge is 0.436 e. The maximum absolute atomic E-state index is 5.75. The minimum atomic E-state index is 0.651. The summed E-state index contributed by atoms with van der Waals surface area (Å²) in [6.45, 7) is 2.05. The Hall–Kier alpha value is -1.61. The number of fused-ring (bicyclic) bond motifs is 1. The van der Waals surface area contributed by atoms with Crippen LogP contribution in [0.15, 0.2) is 51.4 Å². The van der Waals surface area contributed by atoms with E-state index in [1.807, 2.05) is 49.4 Å². The number of aryl methyl sites for hydroxylation is 1. The van der Waals surface area contributed by atoms with Crippen molar-refractivity contribution in [2.75, 3.05) is 0 Å². The second-order valence-corrected chi connectivity index (χ2v) is 4.82. The van der Waals surface area contributed by atoms with E-state index < -0.39 is 0 Å². The lowest BCUT2D eigenvalue weighted by Crippen LogP contribution is -1.78. The molecule has 0 saturated carbocycles. The lowest BCUT2D eigenvalue weighted by atomic mass is 10.2. The molecule has 1 heterocycles. The van der Waals surface area contributed by atoms with Gasteiger partial charge in [-0.2, -0.15) is 0 Å². The molecular formula is C14H10BrNO. The number of nitrogens with zero attached hydrogens (tertiary/aromatic N) is 1. The van der Waals surface area contributed by atoms with Gasteiger partial charge in [-0.1, -0.05) is 18.2 Å². The molecular weight excluding hydrogens is 278 g/mol. The van der Waals surface area contributed by atoms with E-state index >= 15 is 0 Å². The summed E-state index contributed by atoms with van der Waals surface area (Å²) in [5, 5.41) is 0. The summed E-state index contributed by atoms with van der Waals surface area (Å²) in [4.78, 5) is 4.51. The Morgan fingerprint density at radius 2 is 1.94 bits per heavy atom. The average Bonchev–Trinajstić information content (AvgIpc) is 2.72. The fraction of sp³-hybridized carbons (Fsp3) is 0.0714. The molecule has 2 nitrogen and oxygen atoms in total. The molecule has 0 saturated heterocycles. The maximum atomic E-state index is 5.75. The molecule has 0 amide bonds. The van der Waals surface area contributed by atoms with Crippen LogP contribution in [0.1, 0.15) is 5.56 Å². The van der Waals surface area contributed by atoms with Gasteiger partial charge < -0.3 is 4.42 Å². The number of aromatic nitrogens is 1. The molecule has 1 aromatic heterocycles. The minimum Gasteiger partial charge on any atom is -0.436 e. The van der Waals surface area contributed by atoms with Gasteiger partial charge in [-0.05, 0) is 52.7 Å². The Balaban J connectivity index is 2.22. The Labute approximate surface area is 107 Å². The van der Waals surface area contributed by atoms with Crippen molar-refractivity contribution in [1.82, 2.24) is 4.98 Å². The molecule has 0 fully saturated rings. The van der Waals surface area contributed by atoms with E-state index in [4.69, 9.17) is 4.42 Å². The summed E-state index contributed by atoms with van der Waals surface area (Å²) in [5.41, 5.74) is 3.88. The lowest BCUT2D eigenvalue weighted by Gasteiger charge is -1.97. The van der Waals surface area contributed by atoms with Gasteiger partial charge in [-0.3, -0.25) is 0 Å². The zero-order valence-corrected chi connectivity index (χ0v) is 10.9. The molecule has 0 aliphatic heterocycles. The van der Waals surface area contributed by atoms with Gasteiger partial charge in [0.15, 0.2) is 5.58 Å². The van der Waals surface area contributed by atoms with Crippen molar-refractivity contribution in [2.24, 2.45) is 0 Å². The SMILES string of the molecule is Cc1ccc2oc(-c3ccccc3Br)nc2c1. The van der Waals surface area contributed by atoms with Gasteiger partial charge in [0.05, 0.1) is 5.56 Å². The molecule has 0 unspecified atom stereocenters. The first-order chi connectivity index (χ1) is 8.24. The lowest BCUT2D eigenvalue weighted by molar-refractivity contribution is 0.619. The van der Waals surface area contributed by atoms with Crippen molar-refractivity contribution in [3.8, 4) is 11.5 Å². The summed E-state index contributed by atoms with van der Waals surface area (Å²) in [6.07, 6.45) is 0. The maximum Gasteiger partial charge on any atom is 0.228 e. The smallest absolute Gasteiger partial charge is 0.228 e. The monoisotopic (exact) mass is 287 g/mol. The van der Waals surface area contributed by atoms with Crippen LogP contribution in [0.5, 0.6) is 0 Å². The van der Waals surface area contributed by atoms with E-state index in [2.05, 4.69) is 20.9 Å². The first-order valence-electron chi connectivity index (χ1n) is 5.36. The zero-order chi connectivity index (χ0) is 11.8. The van der Waals surface area contributed by atoms with Crippen molar-refractivity contribution in [3.63, 3.8) is 0 Å². The third-order valence-electron chi connectivity index (χ3n) is 2.65. The summed E-state index contributed by atoms with van der Waals surface area (Å²) >= 11 is 3.50. The second-order valence-electron chi connectivity index (χ2n) is 3.97. The predicted molar refractivity (Wildman–Crippen MR) is 71.9 cm³/mol. The highest BCUT2D eigenvalue weighted by Gasteiger charge is 2.10. The highest BCUT2D eigenvalue weighted by atomic mass is 79.9. The van der Waals surface area contributed by atoms with Crippen molar-refractivity contribution >= 4 is 27.0 Å². The first kappa shape index (κ1) is 10.5. The van der Waals surface area contributed by atoms with Crippen LogP contribution >= 0.6 is 15.9 Å². The van der Waals surface area contributed by atoms with E-state index in [-0.39, 0.29) is 0 Å². The van der Waals surface area contributed by atoms with Crippen LogP contribution in [0, 0.1) is 6.92 Å². The Morgan fingerprint density at radius 3 is 2.76 bits per heavy atom. The molecule has 2 aromatic carbocycles. The highest BCUT2D eigenvalue weighted by molar-refractivity contribution is 9.10. The fourth-order valence-corrected chi connectivity index (χ4v) is 2.24. The van der Waals surface area contributed by atoms with E-state index in [1.54, 1.807) is 0 Å². The van der Waals surface area contributed by atoms with E-state index in [0.717, 1.165) is 21.1 Å². The van der Waals surface area contributed by atoms with E-state index in [1.165, 1.54) is 5.56 Å². The standard InChI is InChI=1S/C14H10BrNO/c1-9-6-7-13-12(8-9)16-14(17-13)10-4-2-3-5-11(10)15/h2-8H,1H3. The van der Waals surface area contributed by atoms with Gasteiger partial charge in [0.25, 0.3) is 0 Å². The summed E-state index contributed by atoms with van der Waals surface area (Å²) in [6, 6.07) is 13.9. The average molecular weight is 288 g/mol. The van der Waals surface area contributed by atoms with Crippen LogP contribution in [0.2, 0.25) is 0 Å². The van der Waals surface area contributed by atoms with Crippen LogP contribution in [0.25, 0.3) is 22.6 Å². The van der Waals surface area contributed by atoms with Crippen molar-refractivity contribution < 1.29 is 4.42 Å². The van der Waals surface area contributed by atoms with Crippen LogP contribution in [-0.4, -0.2) is 4.98 Å². The van der Waals surface area contributed by atoms with Gasteiger partial charge in [-0.15, -0.1) is 0 Å². The second kappa shape index (κ2) is 4.00. The molecule has 0 atom stereocenters. The quantitative estimate of drug-likeness (QED) is 0.655. The summed E-state index contributed by atoms with van der Waals surface area (Å²) in [7, 11) is 0. The van der Waals surface area contributed by atoms with Crippen LogP contribution < -0.4 is 0 Å². The topological polar surface area (TPSA) is 26.0 Å². The van der Waals surface area contributed by atoms with Crippen molar-refractivity contribution in [3.05, 3.63) is 52.5 Å². The minimum absolute atomic E-state index is 0.651. The molecule has 3 heteroatoms. The number of hydrogen-bond donors (Lipinski definition) is 0.